The van der Waals surface area contributed by atoms with Crippen LogP contribution in [0.25, 0.3) is 11.4 Å². The topological polar surface area (TPSA) is 63.7 Å². The molecule has 1 aromatic carbocycles. The number of thioether (sulfide) groups is 1. The average Bonchev–Trinajstić information content (AvgIpc) is 2.80. The summed E-state index contributed by atoms with van der Waals surface area (Å²) < 4.78 is 7.01. The van der Waals surface area contributed by atoms with Crippen molar-refractivity contribution >= 4 is 11.8 Å². The Kier molecular flexibility index (Phi) is 4.07. The quantitative estimate of drug-likeness (QED) is 0.801. The molecule has 0 bridgehead atoms. The molecule has 0 aliphatic rings. The summed E-state index contributed by atoms with van der Waals surface area (Å²) >= 11 is 1.40. The highest BCUT2D eigenvalue weighted by molar-refractivity contribution is 8.00. The summed E-state index contributed by atoms with van der Waals surface area (Å²) in [6, 6.07) is 9.81. The van der Waals surface area contributed by atoms with Crippen LogP contribution < -0.4 is 4.74 Å². The molecule has 2 aromatic rings. The highest BCUT2D eigenvalue weighted by Gasteiger charge is 2.13. The molecule has 5 nitrogen and oxygen atoms in total. The molecule has 0 radical (unpaired) electrons. The van der Waals surface area contributed by atoms with Crippen LogP contribution in [0.1, 0.15) is 6.92 Å². The lowest BCUT2D eigenvalue weighted by molar-refractivity contribution is 0.415. The van der Waals surface area contributed by atoms with E-state index < -0.39 is 0 Å². The highest BCUT2D eigenvalue weighted by Crippen LogP contribution is 2.26. The molecule has 2 rings (SSSR count). The van der Waals surface area contributed by atoms with Crippen LogP contribution in [-0.2, 0) is 7.05 Å². The maximum absolute atomic E-state index is 8.83. The summed E-state index contributed by atoms with van der Waals surface area (Å²) in [7, 11) is 3.53. The van der Waals surface area contributed by atoms with E-state index in [0.29, 0.717) is 0 Å². The van der Waals surface area contributed by atoms with Crippen LogP contribution in [0, 0.1) is 11.3 Å². The minimum absolute atomic E-state index is 0.147. The molecular formula is C13H14N4OS. The third-order valence-electron chi connectivity index (χ3n) is 2.65. The lowest BCUT2D eigenvalue weighted by atomic mass is 10.2. The largest absolute Gasteiger partial charge is 0.497 e. The zero-order valence-electron chi connectivity index (χ0n) is 11.0. The normalized spacial score (nSPS) is 11.9. The van der Waals surface area contributed by atoms with Crippen molar-refractivity contribution in [1.82, 2.24) is 14.8 Å². The molecule has 0 spiro atoms. The predicted molar refractivity (Wildman–Crippen MR) is 73.9 cm³/mol. The van der Waals surface area contributed by atoms with Crippen LogP contribution >= 0.6 is 11.8 Å². The molecule has 0 aliphatic heterocycles. The van der Waals surface area contributed by atoms with Gasteiger partial charge >= 0.3 is 0 Å². The Labute approximate surface area is 116 Å². The Morgan fingerprint density at radius 1 is 1.32 bits per heavy atom. The van der Waals surface area contributed by atoms with E-state index in [2.05, 4.69) is 16.3 Å². The molecule has 0 aliphatic carbocycles. The van der Waals surface area contributed by atoms with Crippen LogP contribution in [0.5, 0.6) is 5.75 Å². The van der Waals surface area contributed by atoms with E-state index in [1.54, 1.807) is 7.11 Å². The number of methoxy groups -OCH3 is 1. The van der Waals surface area contributed by atoms with Gasteiger partial charge < -0.3 is 9.30 Å². The van der Waals surface area contributed by atoms with E-state index >= 15 is 0 Å². The number of nitrogens with zero attached hydrogens (tertiary/aromatic N) is 4. The molecule has 0 N–H and O–H groups in total. The van der Waals surface area contributed by atoms with Crippen LogP contribution in [0.2, 0.25) is 0 Å². The van der Waals surface area contributed by atoms with Gasteiger partial charge in [-0.05, 0) is 31.2 Å². The van der Waals surface area contributed by atoms with Gasteiger partial charge in [-0.25, -0.2) is 0 Å². The fourth-order valence-electron chi connectivity index (χ4n) is 1.59. The number of rotatable bonds is 4. The Morgan fingerprint density at radius 3 is 2.58 bits per heavy atom. The monoisotopic (exact) mass is 274 g/mol. The molecular weight excluding hydrogens is 260 g/mol. The number of nitriles is 1. The molecule has 1 unspecified atom stereocenters. The molecule has 1 heterocycles. The van der Waals surface area contributed by atoms with Gasteiger partial charge in [0.05, 0.1) is 18.4 Å². The number of hydrogen-bond acceptors (Lipinski definition) is 5. The molecule has 0 fully saturated rings. The summed E-state index contributed by atoms with van der Waals surface area (Å²) in [5.74, 6) is 1.58. The number of hydrogen-bond donors (Lipinski definition) is 0. The fourth-order valence-corrected chi connectivity index (χ4v) is 2.29. The molecule has 6 heteroatoms. The SMILES string of the molecule is COc1ccc(-c2nnc(SC(C)C#N)n2C)cc1. The number of benzene rings is 1. The Morgan fingerprint density at radius 2 is 2.00 bits per heavy atom. The summed E-state index contributed by atoms with van der Waals surface area (Å²) in [4.78, 5) is 0. The summed E-state index contributed by atoms with van der Waals surface area (Å²) in [5, 5.41) is 17.7. The molecule has 98 valence electrons. The van der Waals surface area contributed by atoms with Gasteiger partial charge in [-0.2, -0.15) is 5.26 Å². The Hall–Kier alpha value is -2.00. The zero-order valence-corrected chi connectivity index (χ0v) is 11.8. The van der Waals surface area contributed by atoms with Crippen LogP contribution in [-0.4, -0.2) is 27.1 Å². The standard InChI is InChI=1S/C13H14N4OS/c1-9(8-14)19-13-16-15-12(17(13)2)10-4-6-11(18-3)7-5-10/h4-7,9H,1-3H3. The van der Waals surface area contributed by atoms with Gasteiger partial charge in [-0.3, -0.25) is 0 Å². The summed E-state index contributed by atoms with van der Waals surface area (Å²) in [6.07, 6.45) is 0. The lowest BCUT2D eigenvalue weighted by Gasteiger charge is -2.05. The third-order valence-corrected chi connectivity index (χ3v) is 3.67. The van der Waals surface area contributed by atoms with Crippen molar-refractivity contribution in [3.8, 4) is 23.2 Å². The predicted octanol–water partition coefficient (Wildman–Crippen LogP) is 2.49. The van der Waals surface area contributed by atoms with E-state index in [0.717, 1.165) is 22.3 Å². The molecule has 0 saturated heterocycles. The van der Waals surface area contributed by atoms with E-state index in [1.807, 2.05) is 42.8 Å². The van der Waals surface area contributed by atoms with E-state index in [9.17, 15) is 0 Å². The van der Waals surface area contributed by atoms with Crippen molar-refractivity contribution in [3.05, 3.63) is 24.3 Å². The van der Waals surface area contributed by atoms with Crippen molar-refractivity contribution < 1.29 is 4.74 Å². The minimum Gasteiger partial charge on any atom is -0.497 e. The first-order valence-electron chi connectivity index (χ1n) is 5.75. The molecule has 1 atom stereocenters. The van der Waals surface area contributed by atoms with Crippen molar-refractivity contribution in [3.63, 3.8) is 0 Å². The van der Waals surface area contributed by atoms with Gasteiger partial charge in [0.1, 0.15) is 5.75 Å². The summed E-state index contributed by atoms with van der Waals surface area (Å²) in [6.45, 7) is 1.84. The second-order valence-corrected chi connectivity index (χ2v) is 5.29. The second-order valence-electron chi connectivity index (χ2n) is 3.98. The Bertz CT molecular complexity index is 600. The number of ether oxygens (including phenoxy) is 1. The van der Waals surface area contributed by atoms with Gasteiger partial charge in [0.25, 0.3) is 0 Å². The van der Waals surface area contributed by atoms with Crippen LogP contribution in [0.15, 0.2) is 29.4 Å². The van der Waals surface area contributed by atoms with Gasteiger partial charge in [0.2, 0.25) is 0 Å². The third kappa shape index (κ3) is 2.88. The maximum Gasteiger partial charge on any atom is 0.192 e. The fraction of sp³-hybridized carbons (Fsp3) is 0.308. The zero-order chi connectivity index (χ0) is 13.8. The van der Waals surface area contributed by atoms with E-state index in [4.69, 9.17) is 10.00 Å². The van der Waals surface area contributed by atoms with Crippen molar-refractivity contribution in [2.75, 3.05) is 7.11 Å². The highest BCUT2D eigenvalue weighted by atomic mass is 32.2. The first kappa shape index (κ1) is 13.4. The smallest absolute Gasteiger partial charge is 0.192 e. The second kappa shape index (κ2) is 5.76. The van der Waals surface area contributed by atoms with Crippen molar-refractivity contribution in [1.29, 1.82) is 5.26 Å². The first-order valence-corrected chi connectivity index (χ1v) is 6.63. The average molecular weight is 274 g/mol. The van der Waals surface area contributed by atoms with Gasteiger partial charge in [-0.1, -0.05) is 11.8 Å². The van der Waals surface area contributed by atoms with Crippen LogP contribution in [0.3, 0.4) is 0 Å². The van der Waals surface area contributed by atoms with Gasteiger partial charge in [0.15, 0.2) is 11.0 Å². The van der Waals surface area contributed by atoms with E-state index in [-0.39, 0.29) is 5.25 Å². The van der Waals surface area contributed by atoms with Crippen molar-refractivity contribution in [2.24, 2.45) is 7.05 Å². The van der Waals surface area contributed by atoms with Crippen molar-refractivity contribution in [2.45, 2.75) is 17.3 Å². The molecule has 0 amide bonds. The minimum atomic E-state index is -0.147. The van der Waals surface area contributed by atoms with Gasteiger partial charge in [-0.15, -0.1) is 10.2 Å². The van der Waals surface area contributed by atoms with E-state index in [1.165, 1.54) is 11.8 Å². The number of aromatic nitrogens is 3. The lowest BCUT2D eigenvalue weighted by Crippen LogP contribution is -1.98. The molecule has 1 aromatic heterocycles. The van der Waals surface area contributed by atoms with Crippen LogP contribution in [0.4, 0.5) is 0 Å². The summed E-state index contributed by atoms with van der Waals surface area (Å²) in [5.41, 5.74) is 0.965. The first-order chi connectivity index (χ1) is 9.15. The molecule has 19 heavy (non-hydrogen) atoms. The molecule has 0 saturated carbocycles. The Balaban J connectivity index is 2.28. The maximum atomic E-state index is 8.83. The van der Waals surface area contributed by atoms with Gasteiger partial charge in [0, 0.05) is 12.6 Å².